The smallest absolute Gasteiger partial charge is 0.257 e. The second kappa shape index (κ2) is 8.53. The first-order chi connectivity index (χ1) is 14.9. The number of benzene rings is 1. The molecule has 2 aromatic rings. The van der Waals surface area contributed by atoms with E-state index in [0.717, 1.165) is 16.8 Å². The highest BCUT2D eigenvalue weighted by Gasteiger charge is 2.41. The summed E-state index contributed by atoms with van der Waals surface area (Å²) in [6.45, 7) is 8.33. The first-order valence-electron chi connectivity index (χ1n) is 10.8. The molecule has 1 atom stereocenters. The SMILES string of the molecule is CCn1ncc(C(=O)N2CCC3C(=O)N(Cc4cccc(C)c4)CC(=O)N3CC2)c1C. The molecule has 0 radical (unpaired) electrons. The van der Waals surface area contributed by atoms with Gasteiger partial charge in [-0.3, -0.25) is 19.1 Å². The molecule has 0 aliphatic carbocycles. The summed E-state index contributed by atoms with van der Waals surface area (Å²) >= 11 is 0. The van der Waals surface area contributed by atoms with E-state index in [2.05, 4.69) is 5.10 Å². The maximum Gasteiger partial charge on any atom is 0.257 e. The molecule has 1 aromatic carbocycles. The number of carbonyl (C=O) groups is 3. The monoisotopic (exact) mass is 423 g/mol. The van der Waals surface area contributed by atoms with Crippen LogP contribution in [0.2, 0.25) is 0 Å². The summed E-state index contributed by atoms with van der Waals surface area (Å²) in [4.78, 5) is 44.2. The Kier molecular flexibility index (Phi) is 5.80. The predicted octanol–water partition coefficient (Wildman–Crippen LogP) is 1.61. The highest BCUT2D eigenvalue weighted by Crippen LogP contribution is 2.22. The molecule has 8 nitrogen and oxygen atoms in total. The number of fused-ring (bicyclic) bond motifs is 1. The third-order valence-corrected chi connectivity index (χ3v) is 6.28. The summed E-state index contributed by atoms with van der Waals surface area (Å²) in [5, 5.41) is 4.27. The molecule has 8 heteroatoms. The van der Waals surface area contributed by atoms with Crippen molar-refractivity contribution in [2.45, 2.75) is 46.3 Å². The van der Waals surface area contributed by atoms with Crippen molar-refractivity contribution in [3.63, 3.8) is 0 Å². The van der Waals surface area contributed by atoms with Gasteiger partial charge in [-0.15, -0.1) is 0 Å². The van der Waals surface area contributed by atoms with Crippen molar-refractivity contribution in [3.05, 3.63) is 52.8 Å². The van der Waals surface area contributed by atoms with Gasteiger partial charge in [0, 0.05) is 38.4 Å². The first-order valence-corrected chi connectivity index (χ1v) is 10.8. The third-order valence-electron chi connectivity index (χ3n) is 6.28. The Labute approximate surface area is 182 Å². The Morgan fingerprint density at radius 1 is 1.16 bits per heavy atom. The average Bonchev–Trinajstić information content (AvgIpc) is 2.97. The fraction of sp³-hybridized carbons (Fsp3) is 0.478. The van der Waals surface area contributed by atoms with Crippen LogP contribution in [-0.4, -0.2) is 74.4 Å². The van der Waals surface area contributed by atoms with Gasteiger partial charge in [-0.2, -0.15) is 5.10 Å². The zero-order valence-corrected chi connectivity index (χ0v) is 18.4. The number of nitrogens with zero attached hydrogens (tertiary/aromatic N) is 5. The van der Waals surface area contributed by atoms with Gasteiger partial charge in [0.25, 0.3) is 5.91 Å². The molecule has 3 amide bonds. The van der Waals surface area contributed by atoms with Crippen molar-refractivity contribution < 1.29 is 14.4 Å². The Morgan fingerprint density at radius 3 is 2.68 bits per heavy atom. The Balaban J connectivity index is 1.48. The van der Waals surface area contributed by atoms with E-state index >= 15 is 0 Å². The van der Waals surface area contributed by atoms with Gasteiger partial charge in [0.2, 0.25) is 11.8 Å². The van der Waals surface area contributed by atoms with Crippen molar-refractivity contribution in [3.8, 4) is 0 Å². The standard InChI is InChI=1S/C23H29N5O3/c1-4-28-17(3)19(13-24-28)22(30)25-9-8-20-23(31)26(15-21(29)27(20)11-10-25)14-18-7-5-6-16(2)12-18/h5-7,12-13,20H,4,8-11,14-15H2,1-3H3. The van der Waals surface area contributed by atoms with Crippen LogP contribution in [-0.2, 0) is 22.7 Å². The van der Waals surface area contributed by atoms with Crippen LogP contribution in [0, 0.1) is 13.8 Å². The van der Waals surface area contributed by atoms with Crippen LogP contribution in [0.1, 0.15) is 40.5 Å². The van der Waals surface area contributed by atoms with E-state index in [1.807, 2.05) is 45.0 Å². The molecule has 1 aromatic heterocycles. The van der Waals surface area contributed by atoms with E-state index < -0.39 is 6.04 Å². The summed E-state index contributed by atoms with van der Waals surface area (Å²) in [5.41, 5.74) is 3.56. The van der Waals surface area contributed by atoms with E-state index in [9.17, 15) is 14.4 Å². The maximum atomic E-state index is 13.2. The third kappa shape index (κ3) is 4.06. The number of aromatic nitrogens is 2. The van der Waals surface area contributed by atoms with Gasteiger partial charge in [0.05, 0.1) is 11.8 Å². The number of aryl methyl sites for hydroxylation is 2. The van der Waals surface area contributed by atoms with Gasteiger partial charge in [-0.05, 0) is 32.8 Å². The first kappa shape index (κ1) is 21.1. The minimum absolute atomic E-state index is 0.0367. The second-order valence-electron chi connectivity index (χ2n) is 8.33. The quantitative estimate of drug-likeness (QED) is 0.748. The molecule has 2 aliphatic heterocycles. The van der Waals surface area contributed by atoms with Gasteiger partial charge in [-0.1, -0.05) is 29.8 Å². The topological polar surface area (TPSA) is 78.8 Å². The van der Waals surface area contributed by atoms with Gasteiger partial charge in [0.1, 0.15) is 12.6 Å². The van der Waals surface area contributed by atoms with Crippen LogP contribution in [0.25, 0.3) is 0 Å². The normalized spacial score (nSPS) is 19.5. The van der Waals surface area contributed by atoms with E-state index in [0.29, 0.717) is 44.7 Å². The van der Waals surface area contributed by atoms with Crippen molar-refractivity contribution in [1.82, 2.24) is 24.5 Å². The van der Waals surface area contributed by atoms with E-state index in [1.165, 1.54) is 0 Å². The lowest BCUT2D eigenvalue weighted by atomic mass is 10.1. The predicted molar refractivity (Wildman–Crippen MR) is 115 cm³/mol. The molecule has 31 heavy (non-hydrogen) atoms. The lowest BCUT2D eigenvalue weighted by molar-refractivity contribution is -0.156. The minimum Gasteiger partial charge on any atom is -0.337 e. The molecule has 0 bridgehead atoms. The molecule has 2 saturated heterocycles. The molecular weight excluding hydrogens is 394 g/mol. The lowest BCUT2D eigenvalue weighted by Crippen LogP contribution is -2.59. The van der Waals surface area contributed by atoms with Crippen molar-refractivity contribution in [2.24, 2.45) is 0 Å². The number of piperazine rings is 1. The molecule has 2 aliphatic rings. The Hall–Kier alpha value is -3.16. The molecule has 1 unspecified atom stereocenters. The Morgan fingerprint density at radius 2 is 1.97 bits per heavy atom. The summed E-state index contributed by atoms with van der Waals surface area (Å²) in [7, 11) is 0. The number of hydrogen-bond donors (Lipinski definition) is 0. The van der Waals surface area contributed by atoms with E-state index in [4.69, 9.17) is 0 Å². The van der Waals surface area contributed by atoms with Crippen molar-refractivity contribution in [1.29, 1.82) is 0 Å². The maximum absolute atomic E-state index is 13.2. The molecule has 4 rings (SSSR count). The average molecular weight is 424 g/mol. The number of carbonyl (C=O) groups excluding carboxylic acids is 3. The minimum atomic E-state index is -0.511. The zero-order valence-electron chi connectivity index (χ0n) is 18.4. The van der Waals surface area contributed by atoms with E-state index in [1.54, 1.807) is 25.6 Å². The largest absolute Gasteiger partial charge is 0.337 e. The molecule has 0 N–H and O–H groups in total. The molecule has 0 saturated carbocycles. The van der Waals surface area contributed by atoms with Crippen LogP contribution >= 0.6 is 0 Å². The van der Waals surface area contributed by atoms with Crippen molar-refractivity contribution in [2.75, 3.05) is 26.2 Å². The van der Waals surface area contributed by atoms with Crippen LogP contribution in [0.15, 0.2) is 30.5 Å². The molecule has 3 heterocycles. The number of rotatable bonds is 4. The highest BCUT2D eigenvalue weighted by molar-refractivity contribution is 5.96. The molecule has 164 valence electrons. The van der Waals surface area contributed by atoms with Gasteiger partial charge < -0.3 is 14.7 Å². The van der Waals surface area contributed by atoms with Crippen LogP contribution in [0.5, 0.6) is 0 Å². The molecule has 0 spiro atoms. The second-order valence-corrected chi connectivity index (χ2v) is 8.33. The summed E-state index contributed by atoms with van der Waals surface area (Å²) in [5.74, 6) is -0.180. The number of amides is 3. The fourth-order valence-electron chi connectivity index (χ4n) is 4.54. The van der Waals surface area contributed by atoms with E-state index in [-0.39, 0.29) is 24.3 Å². The fourth-order valence-corrected chi connectivity index (χ4v) is 4.54. The summed E-state index contributed by atoms with van der Waals surface area (Å²) in [6.07, 6.45) is 2.06. The molecule has 2 fully saturated rings. The van der Waals surface area contributed by atoms with Crippen LogP contribution < -0.4 is 0 Å². The summed E-state index contributed by atoms with van der Waals surface area (Å²) in [6, 6.07) is 7.48. The number of hydrogen-bond acceptors (Lipinski definition) is 4. The van der Waals surface area contributed by atoms with Crippen molar-refractivity contribution >= 4 is 17.7 Å². The molecular formula is C23H29N5O3. The Bertz CT molecular complexity index is 1010. The highest BCUT2D eigenvalue weighted by atomic mass is 16.2. The zero-order chi connectivity index (χ0) is 22.1. The summed E-state index contributed by atoms with van der Waals surface area (Å²) < 4.78 is 1.80. The van der Waals surface area contributed by atoms with Gasteiger partial charge >= 0.3 is 0 Å². The van der Waals surface area contributed by atoms with Crippen LogP contribution in [0.4, 0.5) is 0 Å². The lowest BCUT2D eigenvalue weighted by Gasteiger charge is -2.39. The van der Waals surface area contributed by atoms with Gasteiger partial charge in [-0.25, -0.2) is 0 Å². The van der Waals surface area contributed by atoms with Gasteiger partial charge in [0.15, 0.2) is 0 Å². The van der Waals surface area contributed by atoms with Crippen LogP contribution in [0.3, 0.4) is 0 Å².